The molecule has 0 bridgehead atoms. The molecule has 5 heteroatoms. The number of rotatable bonds is 3. The number of aryl methyl sites for hydroxylation is 1. The van der Waals surface area contributed by atoms with E-state index in [2.05, 4.69) is 15.5 Å². The van der Waals surface area contributed by atoms with E-state index in [1.807, 2.05) is 49.7 Å². The summed E-state index contributed by atoms with van der Waals surface area (Å²) in [5, 5.41) is 10.8. The molecule has 18 heavy (non-hydrogen) atoms. The van der Waals surface area contributed by atoms with Gasteiger partial charge in [-0.3, -0.25) is 4.79 Å². The van der Waals surface area contributed by atoms with Crippen molar-refractivity contribution < 1.29 is 4.79 Å². The van der Waals surface area contributed by atoms with Crippen LogP contribution in [0.4, 0.5) is 5.69 Å². The minimum atomic E-state index is -0.0384. The summed E-state index contributed by atoms with van der Waals surface area (Å²) in [6, 6.07) is 7.58. The van der Waals surface area contributed by atoms with Gasteiger partial charge in [0, 0.05) is 24.2 Å². The Kier molecular flexibility index (Phi) is 3.41. The van der Waals surface area contributed by atoms with Gasteiger partial charge in [-0.2, -0.15) is 0 Å². The Bertz CT molecular complexity index is 560. The SMILES string of the molecule is CC(C)C(=O)Nc1cccc(-c2nncn2C)c1. The molecule has 2 rings (SSSR count). The highest BCUT2D eigenvalue weighted by Gasteiger charge is 2.09. The second kappa shape index (κ2) is 5.00. The molecule has 1 aromatic carbocycles. The van der Waals surface area contributed by atoms with Crippen molar-refractivity contribution in [1.29, 1.82) is 0 Å². The molecule has 5 nitrogen and oxygen atoms in total. The molecule has 0 spiro atoms. The molecule has 1 amide bonds. The van der Waals surface area contributed by atoms with Crippen LogP contribution in [-0.2, 0) is 11.8 Å². The van der Waals surface area contributed by atoms with Gasteiger partial charge in [0.25, 0.3) is 0 Å². The van der Waals surface area contributed by atoms with Crippen molar-refractivity contribution in [2.45, 2.75) is 13.8 Å². The molecule has 1 aromatic heterocycles. The van der Waals surface area contributed by atoms with Crippen LogP contribution in [0, 0.1) is 5.92 Å². The average Bonchev–Trinajstić information content (AvgIpc) is 2.75. The maximum Gasteiger partial charge on any atom is 0.226 e. The number of carbonyl (C=O) groups is 1. The van der Waals surface area contributed by atoms with Crippen molar-refractivity contribution in [2.24, 2.45) is 13.0 Å². The fourth-order valence-electron chi connectivity index (χ4n) is 1.57. The zero-order chi connectivity index (χ0) is 13.1. The van der Waals surface area contributed by atoms with Gasteiger partial charge < -0.3 is 9.88 Å². The zero-order valence-corrected chi connectivity index (χ0v) is 10.7. The highest BCUT2D eigenvalue weighted by atomic mass is 16.1. The maximum absolute atomic E-state index is 11.6. The topological polar surface area (TPSA) is 59.8 Å². The number of benzene rings is 1. The van der Waals surface area contributed by atoms with E-state index in [0.717, 1.165) is 17.1 Å². The third-order valence-corrected chi connectivity index (χ3v) is 2.62. The smallest absolute Gasteiger partial charge is 0.226 e. The van der Waals surface area contributed by atoms with Gasteiger partial charge in [-0.25, -0.2) is 0 Å². The van der Waals surface area contributed by atoms with Gasteiger partial charge in [0.1, 0.15) is 6.33 Å². The van der Waals surface area contributed by atoms with E-state index in [9.17, 15) is 4.79 Å². The van der Waals surface area contributed by atoms with E-state index in [1.54, 1.807) is 6.33 Å². The Balaban J connectivity index is 2.26. The minimum absolute atomic E-state index is 0.00474. The van der Waals surface area contributed by atoms with Crippen LogP contribution in [-0.4, -0.2) is 20.7 Å². The van der Waals surface area contributed by atoms with Crippen molar-refractivity contribution in [2.75, 3.05) is 5.32 Å². The van der Waals surface area contributed by atoms with Gasteiger partial charge in [0.05, 0.1) is 0 Å². The Labute approximate surface area is 106 Å². The quantitative estimate of drug-likeness (QED) is 0.899. The van der Waals surface area contributed by atoms with Gasteiger partial charge in [-0.05, 0) is 12.1 Å². The Hall–Kier alpha value is -2.17. The average molecular weight is 244 g/mol. The third-order valence-electron chi connectivity index (χ3n) is 2.62. The Morgan fingerprint density at radius 3 is 2.78 bits per heavy atom. The predicted octanol–water partition coefficient (Wildman–Crippen LogP) is 2.08. The second-order valence-electron chi connectivity index (χ2n) is 4.49. The highest BCUT2D eigenvalue weighted by Crippen LogP contribution is 2.20. The molecule has 0 saturated heterocycles. The van der Waals surface area contributed by atoms with Crippen molar-refractivity contribution in [3.8, 4) is 11.4 Å². The lowest BCUT2D eigenvalue weighted by Crippen LogP contribution is -2.17. The van der Waals surface area contributed by atoms with Crippen molar-refractivity contribution in [3.63, 3.8) is 0 Å². The van der Waals surface area contributed by atoms with Crippen LogP contribution in [0.25, 0.3) is 11.4 Å². The van der Waals surface area contributed by atoms with Crippen LogP contribution in [0.1, 0.15) is 13.8 Å². The maximum atomic E-state index is 11.6. The summed E-state index contributed by atoms with van der Waals surface area (Å²) in [5.41, 5.74) is 1.70. The first-order chi connectivity index (χ1) is 8.58. The molecule has 0 unspecified atom stereocenters. The third kappa shape index (κ3) is 2.56. The second-order valence-corrected chi connectivity index (χ2v) is 4.49. The summed E-state index contributed by atoms with van der Waals surface area (Å²) in [7, 11) is 1.88. The number of hydrogen-bond acceptors (Lipinski definition) is 3. The molecule has 0 aliphatic heterocycles. The summed E-state index contributed by atoms with van der Waals surface area (Å²) in [6.07, 6.45) is 1.65. The molecule has 0 aliphatic rings. The monoisotopic (exact) mass is 244 g/mol. The standard InChI is InChI=1S/C13H16N4O/c1-9(2)13(18)15-11-6-4-5-10(7-11)12-16-14-8-17(12)3/h4-9H,1-3H3,(H,15,18). The molecule has 1 N–H and O–H groups in total. The van der Waals surface area contributed by atoms with E-state index < -0.39 is 0 Å². The molecule has 0 fully saturated rings. The summed E-state index contributed by atoms with van der Waals surface area (Å²) in [5.74, 6) is 0.740. The summed E-state index contributed by atoms with van der Waals surface area (Å²) < 4.78 is 1.84. The fraction of sp³-hybridized carbons (Fsp3) is 0.308. The fourth-order valence-corrected chi connectivity index (χ4v) is 1.57. The number of aromatic nitrogens is 3. The first-order valence-corrected chi connectivity index (χ1v) is 5.83. The van der Waals surface area contributed by atoms with E-state index >= 15 is 0 Å². The molecule has 0 saturated carbocycles. The van der Waals surface area contributed by atoms with Gasteiger partial charge in [0.15, 0.2) is 5.82 Å². The molecule has 0 radical (unpaired) electrons. The molecule has 2 aromatic rings. The summed E-state index contributed by atoms with van der Waals surface area (Å²) in [4.78, 5) is 11.6. The normalized spacial score (nSPS) is 10.7. The van der Waals surface area contributed by atoms with E-state index in [-0.39, 0.29) is 11.8 Å². The van der Waals surface area contributed by atoms with Gasteiger partial charge >= 0.3 is 0 Å². The van der Waals surface area contributed by atoms with E-state index in [4.69, 9.17) is 0 Å². The highest BCUT2D eigenvalue weighted by molar-refractivity contribution is 5.92. The molecule has 0 aliphatic carbocycles. The molecule has 0 atom stereocenters. The van der Waals surface area contributed by atoms with Crippen LogP contribution in [0.15, 0.2) is 30.6 Å². The van der Waals surface area contributed by atoms with Crippen molar-refractivity contribution >= 4 is 11.6 Å². The lowest BCUT2D eigenvalue weighted by Gasteiger charge is -2.09. The number of nitrogens with one attached hydrogen (secondary N) is 1. The van der Waals surface area contributed by atoms with Gasteiger partial charge in [-0.15, -0.1) is 10.2 Å². The van der Waals surface area contributed by atoms with Crippen LogP contribution in [0.3, 0.4) is 0 Å². The number of amides is 1. The number of carbonyl (C=O) groups excluding carboxylic acids is 1. The zero-order valence-electron chi connectivity index (χ0n) is 10.7. The Morgan fingerprint density at radius 2 is 2.17 bits per heavy atom. The van der Waals surface area contributed by atoms with Crippen LogP contribution >= 0.6 is 0 Å². The largest absolute Gasteiger partial charge is 0.326 e. The number of anilines is 1. The molecular formula is C13H16N4O. The van der Waals surface area contributed by atoms with Crippen LogP contribution in [0.2, 0.25) is 0 Å². The molecule has 1 heterocycles. The van der Waals surface area contributed by atoms with Crippen LogP contribution in [0.5, 0.6) is 0 Å². The molecule has 94 valence electrons. The first kappa shape index (κ1) is 12.3. The Morgan fingerprint density at radius 1 is 1.39 bits per heavy atom. The number of nitrogens with zero attached hydrogens (tertiary/aromatic N) is 3. The van der Waals surface area contributed by atoms with E-state index in [0.29, 0.717) is 0 Å². The predicted molar refractivity (Wildman–Crippen MR) is 69.9 cm³/mol. The van der Waals surface area contributed by atoms with Crippen molar-refractivity contribution in [3.05, 3.63) is 30.6 Å². The first-order valence-electron chi connectivity index (χ1n) is 5.83. The lowest BCUT2D eigenvalue weighted by atomic mass is 10.1. The van der Waals surface area contributed by atoms with Gasteiger partial charge in [0.2, 0.25) is 5.91 Å². The van der Waals surface area contributed by atoms with Gasteiger partial charge in [-0.1, -0.05) is 26.0 Å². The molecular weight excluding hydrogens is 228 g/mol. The lowest BCUT2D eigenvalue weighted by molar-refractivity contribution is -0.118. The minimum Gasteiger partial charge on any atom is -0.326 e. The van der Waals surface area contributed by atoms with Crippen LogP contribution < -0.4 is 5.32 Å². The number of hydrogen-bond donors (Lipinski definition) is 1. The summed E-state index contributed by atoms with van der Waals surface area (Å²) in [6.45, 7) is 3.73. The van der Waals surface area contributed by atoms with Crippen molar-refractivity contribution in [1.82, 2.24) is 14.8 Å². The summed E-state index contributed by atoms with van der Waals surface area (Å²) >= 11 is 0. The van der Waals surface area contributed by atoms with E-state index in [1.165, 1.54) is 0 Å².